The predicted octanol–water partition coefficient (Wildman–Crippen LogP) is 3.18. The second kappa shape index (κ2) is 10.1. The number of piperazine rings is 1. The Morgan fingerprint density at radius 2 is 2.02 bits per heavy atom. The van der Waals surface area contributed by atoms with Gasteiger partial charge in [-0.2, -0.15) is 23.1 Å². The Hall–Kier alpha value is -3.79. The van der Waals surface area contributed by atoms with Gasteiger partial charge >= 0.3 is 12.2 Å². The van der Waals surface area contributed by atoms with Crippen LogP contribution in [0, 0.1) is 5.82 Å². The number of rotatable bonds is 4. The molecule has 0 spiro atoms. The number of fused-ring (bicyclic) bond motifs is 6. The summed E-state index contributed by atoms with van der Waals surface area (Å²) in [6.07, 6.45) is -2.87. The molecule has 3 aromatic heterocycles. The predicted molar refractivity (Wildman–Crippen MR) is 157 cm³/mol. The number of nitrogen functional groups attached to an aromatic ring is 1. The Kier molecular flexibility index (Phi) is 6.50. The second-order valence-corrected chi connectivity index (χ2v) is 13.2. The van der Waals surface area contributed by atoms with Crippen LogP contribution in [0.5, 0.6) is 11.9 Å². The quantitative estimate of drug-likeness (QED) is 0.408. The van der Waals surface area contributed by atoms with E-state index in [1.165, 1.54) is 0 Å². The molecule has 11 nitrogen and oxygen atoms in total. The molecular weight excluding hydrogens is 615 g/mol. The van der Waals surface area contributed by atoms with Crippen molar-refractivity contribution in [1.82, 2.24) is 29.7 Å². The van der Waals surface area contributed by atoms with E-state index in [-0.39, 0.29) is 47.5 Å². The van der Waals surface area contributed by atoms with E-state index in [9.17, 15) is 22.4 Å². The lowest BCUT2D eigenvalue weighted by Crippen LogP contribution is -2.62. The minimum absolute atomic E-state index is 0.0213. The third-order valence-electron chi connectivity index (χ3n) is 10.4. The highest BCUT2D eigenvalue weighted by Gasteiger charge is 2.50. The topological polar surface area (TPSA) is 124 Å². The molecule has 0 unspecified atom stereocenters. The molecule has 3 aromatic rings. The van der Waals surface area contributed by atoms with Crippen molar-refractivity contribution in [2.24, 2.45) is 7.05 Å². The zero-order valence-corrected chi connectivity index (χ0v) is 25.2. The molecule has 8 heterocycles. The number of hydrogen-bond acceptors (Lipinski definition) is 10. The smallest absolute Gasteiger partial charge is 0.432 e. The highest BCUT2D eigenvalue weighted by molar-refractivity contribution is 5.97. The second-order valence-electron chi connectivity index (χ2n) is 13.2. The number of nitrogens with one attached hydrogen (secondary N) is 1. The molecule has 46 heavy (non-hydrogen) atoms. The van der Waals surface area contributed by atoms with Gasteiger partial charge in [0.1, 0.15) is 47.0 Å². The fourth-order valence-electron chi connectivity index (χ4n) is 8.47. The molecule has 0 amide bonds. The summed E-state index contributed by atoms with van der Waals surface area (Å²) in [7, 11) is 0.917. The molecule has 16 heteroatoms. The molecule has 6 atom stereocenters. The van der Waals surface area contributed by atoms with E-state index in [4.69, 9.17) is 20.2 Å². The third-order valence-corrected chi connectivity index (χ3v) is 10.4. The number of nitrogens with zero attached hydrogens (tertiary/aromatic N) is 6. The van der Waals surface area contributed by atoms with Crippen molar-refractivity contribution in [3.63, 3.8) is 0 Å². The maximum Gasteiger partial charge on any atom is 0.432 e. The highest BCUT2D eigenvalue weighted by Crippen LogP contribution is 2.46. The average Bonchev–Trinajstić information content (AvgIpc) is 3.63. The van der Waals surface area contributed by atoms with Gasteiger partial charge in [0.05, 0.1) is 17.3 Å². The lowest BCUT2D eigenvalue weighted by atomic mass is 9.95. The third kappa shape index (κ3) is 4.35. The molecule has 2 bridgehead atoms. The number of hydrogen-bond donors (Lipinski definition) is 2. The van der Waals surface area contributed by atoms with Gasteiger partial charge in [-0.05, 0) is 45.2 Å². The van der Waals surface area contributed by atoms with Crippen molar-refractivity contribution in [2.45, 2.75) is 81.1 Å². The van der Waals surface area contributed by atoms with Gasteiger partial charge in [-0.3, -0.25) is 9.69 Å². The summed E-state index contributed by atoms with van der Waals surface area (Å²) in [6, 6.07) is 0.518. The molecule has 0 aliphatic carbocycles. The van der Waals surface area contributed by atoms with Crippen molar-refractivity contribution in [1.29, 1.82) is 0 Å². The van der Waals surface area contributed by atoms with Crippen LogP contribution in [0.1, 0.15) is 44.7 Å². The van der Waals surface area contributed by atoms with Gasteiger partial charge in [0.25, 0.3) is 5.56 Å². The Bertz CT molecular complexity index is 1820. The van der Waals surface area contributed by atoms with E-state index in [1.54, 1.807) is 0 Å². The maximum atomic E-state index is 16.8. The molecule has 4 saturated heterocycles. The summed E-state index contributed by atoms with van der Waals surface area (Å²) in [6.45, 7) is 3.48. The van der Waals surface area contributed by atoms with Crippen LogP contribution in [0.2, 0.25) is 0 Å². The zero-order chi connectivity index (χ0) is 32.3. The first-order chi connectivity index (χ1) is 21.8. The van der Waals surface area contributed by atoms with Crippen LogP contribution in [0.25, 0.3) is 22.2 Å². The van der Waals surface area contributed by atoms with Crippen LogP contribution < -0.4 is 31.0 Å². The first-order valence-corrected chi connectivity index (χ1v) is 15.5. The van der Waals surface area contributed by atoms with Crippen molar-refractivity contribution >= 4 is 22.4 Å². The van der Waals surface area contributed by atoms with Crippen LogP contribution in [0.15, 0.2) is 10.9 Å². The van der Waals surface area contributed by atoms with E-state index >= 15 is 4.39 Å². The Morgan fingerprint density at radius 1 is 1.22 bits per heavy atom. The fraction of sp³-hybridized carbons (Fsp3) is 0.600. The van der Waals surface area contributed by atoms with Gasteiger partial charge in [0.2, 0.25) is 5.88 Å². The molecule has 5 aliphatic rings. The largest absolute Gasteiger partial charge is 0.472 e. The van der Waals surface area contributed by atoms with Gasteiger partial charge in [-0.25, -0.2) is 13.8 Å². The highest BCUT2D eigenvalue weighted by atomic mass is 19.4. The normalized spacial score (nSPS) is 30.3. The van der Waals surface area contributed by atoms with Crippen molar-refractivity contribution in [2.75, 3.05) is 36.9 Å². The zero-order valence-electron chi connectivity index (χ0n) is 25.2. The maximum absolute atomic E-state index is 16.8. The van der Waals surface area contributed by atoms with Gasteiger partial charge in [0, 0.05) is 44.2 Å². The van der Waals surface area contributed by atoms with Crippen molar-refractivity contribution < 1.29 is 31.4 Å². The van der Waals surface area contributed by atoms with Crippen LogP contribution in [-0.2, 0) is 13.2 Å². The van der Waals surface area contributed by atoms with Gasteiger partial charge in [-0.15, -0.1) is 0 Å². The van der Waals surface area contributed by atoms with Crippen LogP contribution in [-0.4, -0.2) is 86.6 Å². The Labute approximate surface area is 259 Å². The van der Waals surface area contributed by atoms with Crippen LogP contribution in [0.3, 0.4) is 0 Å². The van der Waals surface area contributed by atoms with E-state index in [0.717, 1.165) is 45.3 Å². The first kappa shape index (κ1) is 29.6. The molecule has 3 N–H and O–H groups in total. The van der Waals surface area contributed by atoms with E-state index in [2.05, 4.69) is 20.2 Å². The number of alkyl halides is 4. The lowest BCUT2D eigenvalue weighted by Gasteiger charge is -2.42. The monoisotopic (exact) mass is 648 g/mol. The van der Waals surface area contributed by atoms with E-state index in [1.807, 2.05) is 11.8 Å². The van der Waals surface area contributed by atoms with Gasteiger partial charge < -0.3 is 30.0 Å². The van der Waals surface area contributed by atoms with Gasteiger partial charge in [0.15, 0.2) is 5.82 Å². The van der Waals surface area contributed by atoms with Gasteiger partial charge in [-0.1, -0.05) is 0 Å². The number of anilines is 2. The summed E-state index contributed by atoms with van der Waals surface area (Å²) in [5.41, 5.74) is 0.456. The van der Waals surface area contributed by atoms with E-state index in [0.29, 0.717) is 29.9 Å². The molecular formula is C30H33F5N8O3. The van der Waals surface area contributed by atoms with E-state index < -0.39 is 58.0 Å². The minimum Gasteiger partial charge on any atom is -0.472 e. The minimum atomic E-state index is -5.05. The molecule has 8 rings (SSSR count). The fourth-order valence-corrected chi connectivity index (χ4v) is 8.47. The molecule has 0 aromatic carbocycles. The summed E-state index contributed by atoms with van der Waals surface area (Å²) in [4.78, 5) is 30.0. The number of aromatic nitrogens is 4. The molecule has 0 saturated carbocycles. The summed E-state index contributed by atoms with van der Waals surface area (Å²) >= 11 is 0. The molecule has 0 radical (unpaired) electrons. The Balaban J connectivity index is 1.34. The molecule has 4 fully saturated rings. The number of nitrogens with two attached hydrogens (primary N) is 1. The first-order valence-electron chi connectivity index (χ1n) is 15.5. The van der Waals surface area contributed by atoms with Crippen molar-refractivity contribution in [3.05, 3.63) is 27.9 Å². The SMILES string of the molecule is C[C@@H]1Oc2nc(-c3cc(N)c(=O)n(C)c3C(F)(F)F)c(F)c3nc(OC[C@@]45CCCN4C[C@H](F)C5)nc(c23)N2C[C@H]3CC[C@H](N3)[C@@H]12. The summed E-state index contributed by atoms with van der Waals surface area (Å²) in [5.74, 6) is -0.996. The Morgan fingerprint density at radius 3 is 2.80 bits per heavy atom. The summed E-state index contributed by atoms with van der Waals surface area (Å²) < 4.78 is 87.3. The molecule has 246 valence electrons. The number of pyridine rings is 2. The van der Waals surface area contributed by atoms with Crippen molar-refractivity contribution in [3.8, 4) is 23.1 Å². The number of ether oxygens (including phenoxy) is 2. The number of halogens is 5. The van der Waals surface area contributed by atoms with Crippen LogP contribution in [0.4, 0.5) is 33.5 Å². The average molecular weight is 649 g/mol. The molecule has 5 aliphatic heterocycles. The standard InChI is InChI=1S/C30H33F5N8O3/c1-13-23-18-5-4-15(37-18)11-43(23)25-19-22(39-28(40-25)45-12-29-6-3-7-42(29)10-14(31)9-29)20(32)21(38-26(19)46-13)16-8-17(36)27(44)41(2)24(16)30(33,34)35/h8,13-15,18,23,37H,3-7,9-12,36H2,1-2H3/t13-,14+,15+,18-,23+,29-/m0/s1. The van der Waals surface area contributed by atoms with Crippen LogP contribution >= 0.6 is 0 Å². The summed E-state index contributed by atoms with van der Waals surface area (Å²) in [5, 5.41) is 3.71. The lowest BCUT2D eigenvalue weighted by molar-refractivity contribution is -0.143.